The first-order chi connectivity index (χ1) is 7.31. The Labute approximate surface area is 91.9 Å². The zero-order valence-electron chi connectivity index (χ0n) is 8.56. The summed E-state index contributed by atoms with van der Waals surface area (Å²) in [6.45, 7) is 2.20. The molecule has 0 aromatic carbocycles. The van der Waals surface area contributed by atoms with E-state index in [1.165, 1.54) is 0 Å². The lowest BCUT2D eigenvalue weighted by molar-refractivity contribution is 0.673. The van der Waals surface area contributed by atoms with Gasteiger partial charge in [-0.05, 0) is 6.07 Å². The second-order valence-electron chi connectivity index (χ2n) is 3.54. The average molecular weight is 225 g/mol. The lowest BCUT2D eigenvalue weighted by Gasteiger charge is -2.29. The Morgan fingerprint density at radius 3 is 2.87 bits per heavy atom. The summed E-state index contributed by atoms with van der Waals surface area (Å²) in [6, 6.07) is 1.98. The lowest BCUT2D eigenvalue weighted by atomic mass is 10.2. The third-order valence-electron chi connectivity index (χ3n) is 2.62. The highest BCUT2D eigenvalue weighted by molar-refractivity contribution is 7.85. The second kappa shape index (κ2) is 4.72. The van der Waals surface area contributed by atoms with Crippen LogP contribution in [0.15, 0.2) is 18.5 Å². The molecule has 15 heavy (non-hydrogen) atoms. The molecule has 0 atom stereocenters. The molecule has 2 rings (SSSR count). The molecule has 1 aliphatic rings. The van der Waals surface area contributed by atoms with Gasteiger partial charge in [0.2, 0.25) is 0 Å². The second-order valence-corrected chi connectivity index (χ2v) is 5.24. The van der Waals surface area contributed by atoms with Crippen LogP contribution in [0.25, 0.3) is 0 Å². The zero-order valence-corrected chi connectivity index (χ0v) is 9.37. The van der Waals surface area contributed by atoms with Crippen molar-refractivity contribution in [1.29, 1.82) is 0 Å². The predicted octanol–water partition coefficient (Wildman–Crippen LogP) is 0.109. The van der Waals surface area contributed by atoms with Crippen molar-refractivity contribution in [2.24, 2.45) is 5.73 Å². The molecule has 1 fully saturated rings. The Balaban J connectivity index is 2.18. The first kappa shape index (κ1) is 10.6. The standard InChI is InChI=1S/C10H15N3OS/c11-7-9-8-12-2-1-10(9)13-3-5-15(14)6-4-13/h1-2,8H,3-7,11H2. The van der Waals surface area contributed by atoms with E-state index < -0.39 is 10.8 Å². The van der Waals surface area contributed by atoms with E-state index in [1.807, 2.05) is 6.07 Å². The van der Waals surface area contributed by atoms with Gasteiger partial charge in [-0.25, -0.2) is 0 Å². The van der Waals surface area contributed by atoms with E-state index in [-0.39, 0.29) is 0 Å². The maximum Gasteiger partial charge on any atom is 0.0443 e. The van der Waals surface area contributed by atoms with Crippen LogP contribution in [0.3, 0.4) is 0 Å². The zero-order chi connectivity index (χ0) is 10.7. The van der Waals surface area contributed by atoms with Crippen molar-refractivity contribution in [3.8, 4) is 0 Å². The molecule has 0 saturated carbocycles. The van der Waals surface area contributed by atoms with Crippen LogP contribution in [0.5, 0.6) is 0 Å². The van der Waals surface area contributed by atoms with Gasteiger partial charge in [0.05, 0.1) is 0 Å². The van der Waals surface area contributed by atoms with E-state index in [9.17, 15) is 4.21 Å². The van der Waals surface area contributed by atoms with Crippen LogP contribution in [0, 0.1) is 0 Å². The number of nitrogens with zero attached hydrogens (tertiary/aromatic N) is 2. The minimum Gasteiger partial charge on any atom is -0.369 e. The van der Waals surface area contributed by atoms with Crippen molar-refractivity contribution >= 4 is 16.5 Å². The molecule has 2 N–H and O–H groups in total. The summed E-state index contributed by atoms with van der Waals surface area (Å²) in [5, 5.41) is 0. The SMILES string of the molecule is NCc1cnccc1N1CCS(=O)CC1. The van der Waals surface area contributed by atoms with E-state index in [1.54, 1.807) is 12.4 Å². The molecule has 4 nitrogen and oxygen atoms in total. The van der Waals surface area contributed by atoms with Gasteiger partial charge in [0.1, 0.15) is 0 Å². The molecule has 1 saturated heterocycles. The van der Waals surface area contributed by atoms with E-state index >= 15 is 0 Å². The summed E-state index contributed by atoms with van der Waals surface area (Å²) in [5.74, 6) is 1.51. The molecule has 1 aromatic rings. The molecule has 1 aliphatic heterocycles. The largest absolute Gasteiger partial charge is 0.369 e. The third-order valence-corrected chi connectivity index (χ3v) is 3.89. The van der Waals surface area contributed by atoms with Gasteiger partial charge in [-0.1, -0.05) is 0 Å². The number of hydrogen-bond donors (Lipinski definition) is 1. The molecular weight excluding hydrogens is 210 g/mol. The molecule has 82 valence electrons. The Kier molecular flexibility index (Phi) is 3.33. The highest BCUT2D eigenvalue weighted by Crippen LogP contribution is 2.20. The van der Waals surface area contributed by atoms with Crippen LogP contribution >= 0.6 is 0 Å². The lowest BCUT2D eigenvalue weighted by Crippen LogP contribution is -2.38. The molecule has 0 spiro atoms. The van der Waals surface area contributed by atoms with Crippen molar-refractivity contribution in [1.82, 2.24) is 4.98 Å². The number of hydrogen-bond acceptors (Lipinski definition) is 4. The number of pyridine rings is 1. The van der Waals surface area contributed by atoms with Crippen LogP contribution in [0.4, 0.5) is 5.69 Å². The minimum absolute atomic E-state index is 0.503. The number of aromatic nitrogens is 1. The molecule has 0 radical (unpaired) electrons. The smallest absolute Gasteiger partial charge is 0.0443 e. The highest BCUT2D eigenvalue weighted by Gasteiger charge is 2.17. The van der Waals surface area contributed by atoms with Crippen molar-refractivity contribution in [2.45, 2.75) is 6.54 Å². The molecule has 2 heterocycles. The number of anilines is 1. The summed E-state index contributed by atoms with van der Waals surface area (Å²) in [7, 11) is -0.632. The van der Waals surface area contributed by atoms with Crippen LogP contribution < -0.4 is 10.6 Å². The van der Waals surface area contributed by atoms with Crippen LogP contribution in [0.1, 0.15) is 5.56 Å². The summed E-state index contributed by atoms with van der Waals surface area (Å²) < 4.78 is 11.2. The average Bonchev–Trinajstić information content (AvgIpc) is 2.30. The first-order valence-corrected chi connectivity index (χ1v) is 6.53. The Hall–Kier alpha value is -0.940. The fourth-order valence-corrected chi connectivity index (χ4v) is 2.82. The maximum atomic E-state index is 11.2. The van der Waals surface area contributed by atoms with E-state index in [0.717, 1.165) is 35.8 Å². The van der Waals surface area contributed by atoms with Crippen molar-refractivity contribution in [2.75, 3.05) is 29.5 Å². The van der Waals surface area contributed by atoms with Crippen LogP contribution in [-0.2, 0) is 17.3 Å². The van der Waals surface area contributed by atoms with Crippen molar-refractivity contribution in [3.63, 3.8) is 0 Å². The quantitative estimate of drug-likeness (QED) is 0.776. The normalized spacial score (nSPS) is 18.1. The predicted molar refractivity (Wildman–Crippen MR) is 62.2 cm³/mol. The Morgan fingerprint density at radius 1 is 1.47 bits per heavy atom. The van der Waals surface area contributed by atoms with E-state index in [4.69, 9.17) is 5.73 Å². The molecular formula is C10H15N3OS. The maximum absolute atomic E-state index is 11.2. The number of nitrogens with two attached hydrogens (primary N) is 1. The highest BCUT2D eigenvalue weighted by atomic mass is 32.2. The molecule has 0 bridgehead atoms. The summed E-state index contributed by atoms with van der Waals surface area (Å²) >= 11 is 0. The number of rotatable bonds is 2. The van der Waals surface area contributed by atoms with Crippen molar-refractivity contribution < 1.29 is 4.21 Å². The summed E-state index contributed by atoms with van der Waals surface area (Å²) in [6.07, 6.45) is 3.58. The fourth-order valence-electron chi connectivity index (χ4n) is 1.76. The Bertz CT molecular complexity index is 359. The van der Waals surface area contributed by atoms with E-state index in [2.05, 4.69) is 9.88 Å². The Morgan fingerprint density at radius 2 is 2.20 bits per heavy atom. The molecule has 0 aliphatic carbocycles. The molecule has 0 amide bonds. The van der Waals surface area contributed by atoms with Crippen molar-refractivity contribution in [3.05, 3.63) is 24.0 Å². The van der Waals surface area contributed by atoms with Crippen LogP contribution in [0.2, 0.25) is 0 Å². The monoisotopic (exact) mass is 225 g/mol. The van der Waals surface area contributed by atoms with Gasteiger partial charge in [0.25, 0.3) is 0 Å². The van der Waals surface area contributed by atoms with Crippen LogP contribution in [-0.4, -0.2) is 33.8 Å². The van der Waals surface area contributed by atoms with Gasteiger partial charge in [0.15, 0.2) is 0 Å². The first-order valence-electron chi connectivity index (χ1n) is 5.04. The summed E-state index contributed by atoms with van der Waals surface area (Å²) in [5.41, 5.74) is 7.86. The minimum atomic E-state index is -0.632. The molecule has 5 heteroatoms. The fraction of sp³-hybridized carbons (Fsp3) is 0.500. The third kappa shape index (κ3) is 2.35. The van der Waals surface area contributed by atoms with E-state index in [0.29, 0.717) is 6.54 Å². The van der Waals surface area contributed by atoms with Gasteiger partial charge in [-0.3, -0.25) is 9.19 Å². The molecule has 1 aromatic heterocycles. The van der Waals surface area contributed by atoms with Gasteiger partial charge in [-0.2, -0.15) is 0 Å². The van der Waals surface area contributed by atoms with Gasteiger partial charge >= 0.3 is 0 Å². The van der Waals surface area contributed by atoms with Gasteiger partial charge in [-0.15, -0.1) is 0 Å². The van der Waals surface area contributed by atoms with Gasteiger partial charge in [0, 0.05) is 65.6 Å². The topological polar surface area (TPSA) is 59.2 Å². The van der Waals surface area contributed by atoms with Gasteiger partial charge < -0.3 is 10.6 Å². The molecule has 0 unspecified atom stereocenters. The summed E-state index contributed by atoms with van der Waals surface area (Å²) in [4.78, 5) is 6.30.